The number of hydrogen-bond acceptors (Lipinski definition) is 2. The number of halogens is 1. The normalized spacial score (nSPS) is 11.8. The molecule has 2 rings (SSSR count). The number of thioether (sulfide) groups is 1. The van der Waals surface area contributed by atoms with Gasteiger partial charge < -0.3 is 10.2 Å². The largest absolute Gasteiger partial charge is 0.337 e. The molecule has 0 aromatic heterocycles. The number of nitrogens with one attached hydrogen (secondary N) is 1. The third-order valence-electron chi connectivity index (χ3n) is 3.92. The first kappa shape index (κ1) is 18.3. The van der Waals surface area contributed by atoms with E-state index in [4.69, 9.17) is 0 Å². The van der Waals surface area contributed by atoms with Crippen molar-refractivity contribution in [1.29, 1.82) is 0 Å². The molecule has 128 valence electrons. The molecule has 0 unspecified atom stereocenters. The third-order valence-corrected chi connectivity index (χ3v) is 4.94. The monoisotopic (exact) mass is 346 g/mol. The van der Waals surface area contributed by atoms with Crippen LogP contribution in [0.15, 0.2) is 53.4 Å². The van der Waals surface area contributed by atoms with Crippen LogP contribution in [0.4, 0.5) is 9.18 Å². The van der Waals surface area contributed by atoms with Gasteiger partial charge in [0, 0.05) is 24.2 Å². The molecule has 3 nitrogen and oxygen atoms in total. The highest BCUT2D eigenvalue weighted by molar-refractivity contribution is 7.99. The molecule has 2 aromatic carbocycles. The van der Waals surface area contributed by atoms with E-state index in [-0.39, 0.29) is 17.9 Å². The maximum atomic E-state index is 13.0. The van der Waals surface area contributed by atoms with Crippen LogP contribution in [-0.4, -0.2) is 30.3 Å². The Hall–Kier alpha value is -2.01. The number of benzene rings is 2. The summed E-state index contributed by atoms with van der Waals surface area (Å²) >= 11 is 1.71. The average Bonchev–Trinajstić information content (AvgIpc) is 2.59. The summed E-state index contributed by atoms with van der Waals surface area (Å²) in [6, 6.07) is 14.3. The lowest BCUT2D eigenvalue weighted by Gasteiger charge is -2.25. The van der Waals surface area contributed by atoms with Crippen molar-refractivity contribution >= 4 is 17.8 Å². The standard InChI is InChI=1S/C19H23FN2OS/c1-14-4-10-18(11-5-14)24-13-12-21-19(23)22(3)15(2)16-6-8-17(20)9-7-16/h4-11,15H,12-13H2,1-3H3,(H,21,23)/t15-/m0/s1. The van der Waals surface area contributed by atoms with Gasteiger partial charge in [0.1, 0.15) is 5.82 Å². The Morgan fingerprint density at radius 1 is 1.17 bits per heavy atom. The van der Waals surface area contributed by atoms with Crippen LogP contribution in [0.3, 0.4) is 0 Å². The molecule has 0 fully saturated rings. The van der Waals surface area contributed by atoms with Gasteiger partial charge in [-0.3, -0.25) is 0 Å². The second-order valence-corrected chi connectivity index (χ2v) is 6.90. The number of urea groups is 1. The number of carbonyl (C=O) groups excluding carboxylic acids is 1. The highest BCUT2D eigenvalue weighted by Crippen LogP contribution is 2.19. The molecule has 0 saturated heterocycles. The first-order valence-corrected chi connectivity index (χ1v) is 8.91. The van der Waals surface area contributed by atoms with Crippen molar-refractivity contribution in [2.45, 2.75) is 24.8 Å². The molecule has 24 heavy (non-hydrogen) atoms. The number of hydrogen-bond donors (Lipinski definition) is 1. The Labute approximate surface area is 147 Å². The van der Waals surface area contributed by atoms with E-state index in [1.54, 1.807) is 35.8 Å². The second-order valence-electron chi connectivity index (χ2n) is 5.73. The van der Waals surface area contributed by atoms with Crippen LogP contribution in [0.5, 0.6) is 0 Å². The predicted molar refractivity (Wildman–Crippen MR) is 97.9 cm³/mol. The van der Waals surface area contributed by atoms with Crippen molar-refractivity contribution in [2.24, 2.45) is 0 Å². The van der Waals surface area contributed by atoms with Gasteiger partial charge in [0.05, 0.1) is 6.04 Å². The zero-order valence-electron chi connectivity index (χ0n) is 14.3. The third kappa shape index (κ3) is 5.27. The lowest BCUT2D eigenvalue weighted by atomic mass is 10.1. The summed E-state index contributed by atoms with van der Waals surface area (Å²) in [5.74, 6) is 0.541. The van der Waals surface area contributed by atoms with Crippen molar-refractivity contribution < 1.29 is 9.18 Å². The van der Waals surface area contributed by atoms with Crippen LogP contribution in [0, 0.1) is 12.7 Å². The number of nitrogens with zero attached hydrogens (tertiary/aromatic N) is 1. The van der Waals surface area contributed by atoms with Gasteiger partial charge >= 0.3 is 6.03 Å². The molecule has 0 bridgehead atoms. The summed E-state index contributed by atoms with van der Waals surface area (Å²) in [5.41, 5.74) is 2.15. The summed E-state index contributed by atoms with van der Waals surface area (Å²) < 4.78 is 13.0. The lowest BCUT2D eigenvalue weighted by molar-refractivity contribution is 0.195. The summed E-state index contributed by atoms with van der Waals surface area (Å²) in [4.78, 5) is 15.0. The minimum absolute atomic E-state index is 0.115. The average molecular weight is 346 g/mol. The molecule has 0 radical (unpaired) electrons. The smallest absolute Gasteiger partial charge is 0.317 e. The molecule has 1 N–H and O–H groups in total. The maximum absolute atomic E-state index is 13.0. The Morgan fingerprint density at radius 3 is 2.42 bits per heavy atom. The zero-order valence-corrected chi connectivity index (χ0v) is 15.1. The fourth-order valence-electron chi connectivity index (χ4n) is 2.23. The van der Waals surface area contributed by atoms with Crippen LogP contribution in [0.25, 0.3) is 0 Å². The van der Waals surface area contributed by atoms with Gasteiger partial charge in [0.15, 0.2) is 0 Å². The first-order valence-electron chi connectivity index (χ1n) is 7.93. The molecule has 0 heterocycles. The quantitative estimate of drug-likeness (QED) is 0.611. The highest BCUT2D eigenvalue weighted by atomic mass is 32.2. The minimum atomic E-state index is -0.272. The van der Waals surface area contributed by atoms with E-state index < -0.39 is 0 Å². The topological polar surface area (TPSA) is 32.3 Å². The summed E-state index contributed by atoms with van der Waals surface area (Å²) in [6.07, 6.45) is 0. The molecule has 0 aliphatic rings. The molecule has 0 aliphatic heterocycles. The molecular formula is C19H23FN2OS. The van der Waals surface area contributed by atoms with Crippen molar-refractivity contribution in [3.8, 4) is 0 Å². The van der Waals surface area contributed by atoms with E-state index in [2.05, 4.69) is 36.5 Å². The molecule has 5 heteroatoms. The van der Waals surface area contributed by atoms with Crippen LogP contribution in [0.2, 0.25) is 0 Å². The fraction of sp³-hybridized carbons (Fsp3) is 0.316. The van der Waals surface area contributed by atoms with Gasteiger partial charge in [-0.15, -0.1) is 11.8 Å². The Kier molecular flexibility index (Phi) is 6.67. The molecule has 0 saturated carbocycles. The Balaban J connectivity index is 1.76. The molecular weight excluding hydrogens is 323 g/mol. The zero-order chi connectivity index (χ0) is 17.5. The number of rotatable bonds is 6. The number of carbonyl (C=O) groups is 1. The highest BCUT2D eigenvalue weighted by Gasteiger charge is 2.16. The van der Waals surface area contributed by atoms with Crippen LogP contribution in [0.1, 0.15) is 24.1 Å². The Morgan fingerprint density at radius 2 is 1.79 bits per heavy atom. The van der Waals surface area contributed by atoms with E-state index in [0.29, 0.717) is 6.54 Å². The second kappa shape index (κ2) is 8.73. The predicted octanol–water partition coefficient (Wildman–Crippen LogP) is 4.63. The lowest BCUT2D eigenvalue weighted by Crippen LogP contribution is -2.39. The van der Waals surface area contributed by atoms with Crippen LogP contribution >= 0.6 is 11.8 Å². The first-order chi connectivity index (χ1) is 11.5. The molecule has 2 amide bonds. The van der Waals surface area contributed by atoms with Crippen LogP contribution < -0.4 is 5.32 Å². The van der Waals surface area contributed by atoms with E-state index in [1.165, 1.54) is 22.6 Å². The summed E-state index contributed by atoms with van der Waals surface area (Å²) in [5, 5.41) is 2.92. The van der Waals surface area contributed by atoms with Gasteiger partial charge in [-0.05, 0) is 43.7 Å². The molecule has 0 aliphatic carbocycles. The molecule has 2 aromatic rings. The van der Waals surface area contributed by atoms with Gasteiger partial charge in [-0.1, -0.05) is 29.8 Å². The summed E-state index contributed by atoms with van der Waals surface area (Å²) in [6.45, 7) is 4.58. The van der Waals surface area contributed by atoms with Gasteiger partial charge in [-0.2, -0.15) is 0 Å². The van der Waals surface area contributed by atoms with E-state index in [1.807, 2.05) is 6.92 Å². The van der Waals surface area contributed by atoms with Crippen molar-refractivity contribution in [2.75, 3.05) is 19.3 Å². The van der Waals surface area contributed by atoms with Gasteiger partial charge in [-0.25, -0.2) is 9.18 Å². The summed E-state index contributed by atoms with van der Waals surface area (Å²) in [7, 11) is 1.75. The van der Waals surface area contributed by atoms with Crippen molar-refractivity contribution in [3.05, 3.63) is 65.5 Å². The van der Waals surface area contributed by atoms with E-state index in [0.717, 1.165) is 11.3 Å². The van der Waals surface area contributed by atoms with Crippen LogP contribution in [-0.2, 0) is 0 Å². The maximum Gasteiger partial charge on any atom is 0.317 e. The van der Waals surface area contributed by atoms with Crippen molar-refractivity contribution in [1.82, 2.24) is 10.2 Å². The SMILES string of the molecule is Cc1ccc(SCCNC(=O)N(C)[C@@H](C)c2ccc(F)cc2)cc1. The number of aryl methyl sites for hydroxylation is 1. The Bertz CT molecular complexity index is 658. The fourth-order valence-corrected chi connectivity index (χ4v) is 3.00. The van der Waals surface area contributed by atoms with Crippen molar-refractivity contribution in [3.63, 3.8) is 0 Å². The molecule has 0 spiro atoms. The molecule has 1 atom stereocenters. The van der Waals surface area contributed by atoms with Gasteiger partial charge in [0.2, 0.25) is 0 Å². The number of amides is 2. The van der Waals surface area contributed by atoms with E-state index >= 15 is 0 Å². The van der Waals surface area contributed by atoms with Gasteiger partial charge in [0.25, 0.3) is 0 Å². The van der Waals surface area contributed by atoms with E-state index in [9.17, 15) is 9.18 Å². The minimum Gasteiger partial charge on any atom is -0.337 e.